The van der Waals surface area contributed by atoms with Gasteiger partial charge >= 0.3 is 5.97 Å². The first-order valence-corrected chi connectivity index (χ1v) is 16.4. The molecule has 0 saturated heterocycles. The molecule has 1 N–H and O–H groups in total. The Hall–Kier alpha value is -2.81. The Morgan fingerprint density at radius 2 is 1.27 bits per heavy atom. The van der Waals surface area contributed by atoms with E-state index in [1.807, 2.05) is 13.2 Å². The summed E-state index contributed by atoms with van der Waals surface area (Å²) in [4.78, 5) is 11.5. The van der Waals surface area contributed by atoms with Crippen LogP contribution in [0.2, 0.25) is 0 Å². The van der Waals surface area contributed by atoms with E-state index in [2.05, 4.69) is 36.4 Å². The Kier molecular flexibility index (Phi) is 5.20. The lowest BCUT2D eigenvalue weighted by molar-refractivity contribution is -0.179. The van der Waals surface area contributed by atoms with Crippen LogP contribution < -0.4 is 4.74 Å². The van der Waals surface area contributed by atoms with Crippen LogP contribution in [-0.2, 0) is 5.41 Å². The van der Waals surface area contributed by atoms with E-state index in [0.717, 1.165) is 57.9 Å². The average Bonchev–Trinajstić information content (AvgIpc) is 2.95. The van der Waals surface area contributed by atoms with Crippen molar-refractivity contribution in [1.82, 2.24) is 0 Å². The van der Waals surface area contributed by atoms with E-state index in [-0.39, 0.29) is 5.41 Å². The maximum atomic E-state index is 11.5. The van der Waals surface area contributed by atoms with Crippen LogP contribution in [0.5, 0.6) is 5.75 Å². The number of hydrogen-bond donors (Lipinski definition) is 1. The molecule has 0 radical (unpaired) electrons. The Bertz CT molecular complexity index is 1520. The van der Waals surface area contributed by atoms with E-state index in [1.165, 1.54) is 87.3 Å². The van der Waals surface area contributed by atoms with E-state index >= 15 is 0 Å². The van der Waals surface area contributed by atoms with Crippen molar-refractivity contribution >= 4 is 16.7 Å². The molecule has 0 aliphatic heterocycles. The summed E-state index contributed by atoms with van der Waals surface area (Å²) in [5.74, 6) is 6.68. The Morgan fingerprint density at radius 1 is 0.707 bits per heavy atom. The molecular weight excluding hydrogens is 504 g/mol. The van der Waals surface area contributed by atoms with Crippen LogP contribution in [0.1, 0.15) is 86.6 Å². The topological polar surface area (TPSA) is 46.5 Å². The zero-order valence-corrected chi connectivity index (χ0v) is 24.3. The highest BCUT2D eigenvalue weighted by atomic mass is 16.5. The van der Waals surface area contributed by atoms with Gasteiger partial charge in [0.15, 0.2) is 0 Å². The maximum Gasteiger partial charge on any atom is 0.335 e. The first-order chi connectivity index (χ1) is 19.9. The molecule has 3 nitrogen and oxygen atoms in total. The van der Waals surface area contributed by atoms with Gasteiger partial charge in [-0.05, 0) is 170 Å². The predicted molar refractivity (Wildman–Crippen MR) is 162 cm³/mol. The minimum absolute atomic E-state index is 0.245. The zero-order valence-electron chi connectivity index (χ0n) is 24.3. The number of ether oxygens (including phenoxy) is 1. The fraction of sp³-hybridized carbons (Fsp3) is 0.553. The van der Waals surface area contributed by atoms with Crippen molar-refractivity contribution in [3.63, 3.8) is 0 Å². The summed E-state index contributed by atoms with van der Waals surface area (Å²) in [6.45, 7) is 0. The SMILES string of the molecule is COc1ccc(-c2ccc3cc(C(=O)O)ccc3c2)cc1C12CC3CC(CC(C3)C1C13CC4CC(CC(C4)C1)C3)C2. The third-order valence-electron chi connectivity index (χ3n) is 13.2. The summed E-state index contributed by atoms with van der Waals surface area (Å²) in [5.41, 5.74) is 5.13. The van der Waals surface area contributed by atoms with Crippen LogP contribution in [0, 0.1) is 46.8 Å². The Labute approximate surface area is 243 Å². The fourth-order valence-electron chi connectivity index (χ4n) is 12.9. The van der Waals surface area contributed by atoms with Crippen molar-refractivity contribution < 1.29 is 14.6 Å². The minimum Gasteiger partial charge on any atom is -0.496 e. The lowest BCUT2D eigenvalue weighted by atomic mass is 9.34. The molecule has 41 heavy (non-hydrogen) atoms. The number of carbonyl (C=O) groups is 1. The predicted octanol–water partition coefficient (Wildman–Crippen LogP) is 9.12. The van der Waals surface area contributed by atoms with Gasteiger partial charge in [-0.2, -0.15) is 0 Å². The Balaban J connectivity index is 1.18. The molecule has 8 aliphatic carbocycles. The molecule has 11 rings (SSSR count). The lowest BCUT2D eigenvalue weighted by Crippen LogP contribution is -2.63. The smallest absolute Gasteiger partial charge is 0.335 e. The van der Waals surface area contributed by atoms with Crippen molar-refractivity contribution in [3.8, 4) is 16.9 Å². The molecule has 8 bridgehead atoms. The van der Waals surface area contributed by atoms with Gasteiger partial charge in [-0.3, -0.25) is 0 Å². The fourth-order valence-corrected chi connectivity index (χ4v) is 12.9. The average molecular weight is 547 g/mol. The molecule has 3 unspecified atom stereocenters. The molecule has 0 spiro atoms. The van der Waals surface area contributed by atoms with Gasteiger partial charge in [0.05, 0.1) is 12.7 Å². The number of carboxylic acid groups (broad SMARTS) is 1. The summed E-state index contributed by atoms with van der Waals surface area (Å²) in [7, 11) is 1.88. The molecule has 3 atom stereocenters. The summed E-state index contributed by atoms with van der Waals surface area (Å²) >= 11 is 0. The van der Waals surface area contributed by atoms with Crippen LogP contribution >= 0.6 is 0 Å². The van der Waals surface area contributed by atoms with Crippen LogP contribution in [0.15, 0.2) is 54.6 Å². The highest BCUT2D eigenvalue weighted by molar-refractivity contribution is 5.95. The van der Waals surface area contributed by atoms with Crippen LogP contribution in [0.25, 0.3) is 21.9 Å². The molecule has 0 amide bonds. The number of carboxylic acids is 1. The van der Waals surface area contributed by atoms with Crippen molar-refractivity contribution in [2.75, 3.05) is 7.11 Å². The molecule has 3 aromatic carbocycles. The molecule has 0 aromatic heterocycles. The normalized spacial score (nSPS) is 39.9. The van der Waals surface area contributed by atoms with E-state index < -0.39 is 5.97 Å². The molecule has 3 aromatic rings. The van der Waals surface area contributed by atoms with E-state index in [1.54, 1.807) is 12.1 Å². The quantitative estimate of drug-likeness (QED) is 0.347. The first-order valence-electron chi connectivity index (χ1n) is 16.4. The summed E-state index contributed by atoms with van der Waals surface area (Å²) in [6, 6.07) is 19.0. The number of aromatic carboxylic acids is 1. The zero-order chi connectivity index (χ0) is 27.5. The van der Waals surface area contributed by atoms with Crippen LogP contribution in [0.3, 0.4) is 0 Å². The van der Waals surface area contributed by atoms with Crippen LogP contribution in [-0.4, -0.2) is 18.2 Å². The standard InChI is InChI=1S/C38H42O3/c1-41-34-7-6-30(28-2-3-29-15-31(36(39)40)5-4-27(29)14-28)16-33(34)38-20-25-11-26(21-38)13-32(12-25)35(38)37-17-22-8-23(18-37)10-24(9-22)19-37/h2-7,14-16,22-26,32,35H,8-13,17-21H2,1H3,(H,39,40). The first kappa shape index (κ1) is 24.8. The molecule has 0 heterocycles. The Morgan fingerprint density at radius 3 is 1.90 bits per heavy atom. The largest absolute Gasteiger partial charge is 0.496 e. The molecular formula is C38H42O3. The third-order valence-corrected chi connectivity index (χ3v) is 13.2. The number of fused-ring (bicyclic) bond motifs is 1. The van der Waals surface area contributed by atoms with Crippen molar-refractivity contribution in [2.45, 2.75) is 76.0 Å². The van der Waals surface area contributed by atoms with Gasteiger partial charge in [-0.1, -0.05) is 24.3 Å². The number of rotatable bonds is 5. The van der Waals surface area contributed by atoms with Crippen molar-refractivity contribution in [3.05, 3.63) is 65.7 Å². The van der Waals surface area contributed by atoms with Gasteiger partial charge in [0.25, 0.3) is 0 Å². The molecule has 8 fully saturated rings. The van der Waals surface area contributed by atoms with E-state index in [4.69, 9.17) is 4.74 Å². The molecule has 8 aliphatic rings. The third kappa shape index (κ3) is 3.59. The van der Waals surface area contributed by atoms with Crippen molar-refractivity contribution in [1.29, 1.82) is 0 Å². The lowest BCUT2D eigenvalue weighted by Gasteiger charge is -2.70. The minimum atomic E-state index is -0.875. The molecule has 8 saturated carbocycles. The van der Waals surface area contributed by atoms with Gasteiger partial charge in [-0.25, -0.2) is 4.79 Å². The number of hydrogen-bond acceptors (Lipinski definition) is 2. The number of benzene rings is 3. The van der Waals surface area contributed by atoms with E-state index in [0.29, 0.717) is 11.0 Å². The summed E-state index contributed by atoms with van der Waals surface area (Å²) in [5, 5.41) is 11.5. The summed E-state index contributed by atoms with van der Waals surface area (Å²) < 4.78 is 6.24. The monoisotopic (exact) mass is 546 g/mol. The van der Waals surface area contributed by atoms with Crippen LogP contribution in [0.4, 0.5) is 0 Å². The maximum absolute atomic E-state index is 11.5. The van der Waals surface area contributed by atoms with Gasteiger partial charge in [0.2, 0.25) is 0 Å². The van der Waals surface area contributed by atoms with Gasteiger partial charge in [0.1, 0.15) is 5.75 Å². The van der Waals surface area contributed by atoms with Gasteiger partial charge < -0.3 is 9.84 Å². The second-order valence-corrected chi connectivity index (χ2v) is 15.5. The molecule has 212 valence electrons. The van der Waals surface area contributed by atoms with E-state index in [9.17, 15) is 9.90 Å². The van der Waals surface area contributed by atoms with Crippen molar-refractivity contribution in [2.24, 2.45) is 46.8 Å². The van der Waals surface area contributed by atoms with Gasteiger partial charge in [0, 0.05) is 11.0 Å². The number of methoxy groups -OCH3 is 1. The highest BCUT2D eigenvalue weighted by Crippen LogP contribution is 2.74. The van der Waals surface area contributed by atoms with Gasteiger partial charge in [-0.15, -0.1) is 0 Å². The molecule has 3 heteroatoms. The summed E-state index contributed by atoms with van der Waals surface area (Å²) in [6.07, 6.45) is 16.2. The second-order valence-electron chi connectivity index (χ2n) is 15.5. The second kappa shape index (κ2) is 8.62. The highest BCUT2D eigenvalue weighted by Gasteiger charge is 2.66.